The molecule has 0 bridgehead atoms. The quantitative estimate of drug-likeness (QED) is 0.635. The summed E-state index contributed by atoms with van der Waals surface area (Å²) in [7, 11) is -3.07. The smallest absolute Gasteiger partial charge is 0.211 e. The van der Waals surface area contributed by atoms with Crippen LogP contribution < -0.4 is 4.72 Å². The molecule has 0 saturated carbocycles. The van der Waals surface area contributed by atoms with Crippen LogP contribution >= 0.6 is 0 Å². The van der Waals surface area contributed by atoms with Crippen LogP contribution in [-0.4, -0.2) is 32.4 Å². The minimum atomic E-state index is -3.07. The van der Waals surface area contributed by atoms with E-state index in [0.29, 0.717) is 13.0 Å². The average Bonchev–Trinajstić information content (AvgIpc) is 2.12. The summed E-state index contributed by atoms with van der Waals surface area (Å²) in [5, 5.41) is 8.68. The predicted octanol–water partition coefficient (Wildman–Crippen LogP) is 0.334. The fourth-order valence-electron chi connectivity index (χ4n) is 0.980. The zero-order chi connectivity index (χ0) is 10.3. The first-order valence-corrected chi connectivity index (χ1v) is 6.29. The molecule has 2 N–H and O–H groups in total. The Morgan fingerprint density at radius 2 is 2.00 bits per heavy atom. The average molecular weight is 209 g/mol. The Morgan fingerprint density at radius 3 is 2.38 bits per heavy atom. The number of aliphatic hydroxyl groups is 1. The summed E-state index contributed by atoms with van der Waals surface area (Å²) in [6, 6.07) is 0. The van der Waals surface area contributed by atoms with Gasteiger partial charge in [0.1, 0.15) is 0 Å². The number of aliphatic hydroxyl groups excluding tert-OH is 1. The third-order valence-electron chi connectivity index (χ3n) is 2.09. The standard InChI is InChI=1S/C8H19NO3S/c1-3-8(5-6-10)7-9-13(11,12)4-2/h8-10H,3-7H2,1-2H3. The van der Waals surface area contributed by atoms with Crippen LogP contribution in [-0.2, 0) is 10.0 Å². The first kappa shape index (κ1) is 12.9. The second-order valence-corrected chi connectivity index (χ2v) is 5.13. The lowest BCUT2D eigenvalue weighted by atomic mass is 10.0. The lowest BCUT2D eigenvalue weighted by Crippen LogP contribution is -2.30. The number of sulfonamides is 1. The zero-order valence-electron chi connectivity index (χ0n) is 8.28. The van der Waals surface area contributed by atoms with Crippen LogP contribution in [0.5, 0.6) is 0 Å². The van der Waals surface area contributed by atoms with E-state index in [-0.39, 0.29) is 18.3 Å². The van der Waals surface area contributed by atoms with Crippen molar-refractivity contribution in [2.75, 3.05) is 18.9 Å². The van der Waals surface area contributed by atoms with Crippen LogP contribution in [0.2, 0.25) is 0 Å². The van der Waals surface area contributed by atoms with Gasteiger partial charge in [-0.05, 0) is 19.3 Å². The molecule has 0 radical (unpaired) electrons. The Bertz CT molecular complexity index is 213. The van der Waals surface area contributed by atoms with E-state index in [2.05, 4.69) is 4.72 Å². The lowest BCUT2D eigenvalue weighted by molar-refractivity contribution is 0.254. The predicted molar refractivity (Wildman–Crippen MR) is 52.9 cm³/mol. The molecule has 0 spiro atoms. The second kappa shape index (κ2) is 6.34. The van der Waals surface area contributed by atoms with Gasteiger partial charge in [-0.1, -0.05) is 13.3 Å². The molecule has 0 aliphatic heterocycles. The molecule has 0 heterocycles. The summed E-state index contributed by atoms with van der Waals surface area (Å²) in [6.07, 6.45) is 1.54. The van der Waals surface area contributed by atoms with Crippen molar-refractivity contribution in [3.05, 3.63) is 0 Å². The number of hydrogen-bond donors (Lipinski definition) is 2. The van der Waals surface area contributed by atoms with E-state index in [9.17, 15) is 8.42 Å². The molecule has 0 aliphatic carbocycles. The van der Waals surface area contributed by atoms with E-state index >= 15 is 0 Å². The lowest BCUT2D eigenvalue weighted by Gasteiger charge is -2.13. The number of rotatable bonds is 7. The van der Waals surface area contributed by atoms with E-state index in [1.54, 1.807) is 6.92 Å². The molecule has 0 aromatic rings. The van der Waals surface area contributed by atoms with Crippen LogP contribution in [0.3, 0.4) is 0 Å². The van der Waals surface area contributed by atoms with E-state index in [1.807, 2.05) is 6.92 Å². The van der Waals surface area contributed by atoms with Gasteiger partial charge in [0.25, 0.3) is 0 Å². The van der Waals surface area contributed by atoms with E-state index in [0.717, 1.165) is 6.42 Å². The molecule has 0 fully saturated rings. The second-order valence-electron chi connectivity index (χ2n) is 3.04. The fraction of sp³-hybridized carbons (Fsp3) is 1.00. The first-order chi connectivity index (χ1) is 6.05. The molecular weight excluding hydrogens is 190 g/mol. The molecule has 4 nitrogen and oxygen atoms in total. The van der Waals surface area contributed by atoms with Gasteiger partial charge in [-0.2, -0.15) is 0 Å². The monoisotopic (exact) mass is 209 g/mol. The summed E-state index contributed by atoms with van der Waals surface area (Å²) in [4.78, 5) is 0. The van der Waals surface area contributed by atoms with Gasteiger partial charge in [-0.25, -0.2) is 13.1 Å². The topological polar surface area (TPSA) is 66.4 Å². The molecule has 80 valence electrons. The first-order valence-electron chi connectivity index (χ1n) is 4.63. The normalized spacial score (nSPS) is 14.4. The van der Waals surface area contributed by atoms with Crippen LogP contribution in [0.25, 0.3) is 0 Å². The van der Waals surface area contributed by atoms with E-state index in [1.165, 1.54) is 0 Å². The molecule has 0 amide bonds. The third kappa shape index (κ3) is 6.01. The van der Waals surface area contributed by atoms with E-state index in [4.69, 9.17) is 5.11 Å². The van der Waals surface area contributed by atoms with Crippen molar-refractivity contribution in [3.63, 3.8) is 0 Å². The highest BCUT2D eigenvalue weighted by atomic mass is 32.2. The minimum Gasteiger partial charge on any atom is -0.396 e. The molecule has 0 saturated heterocycles. The summed E-state index contributed by atoms with van der Waals surface area (Å²) in [5.41, 5.74) is 0. The fourth-order valence-corrected chi connectivity index (χ4v) is 1.67. The van der Waals surface area contributed by atoms with Crippen molar-refractivity contribution in [2.45, 2.75) is 26.7 Å². The summed E-state index contributed by atoms with van der Waals surface area (Å²) in [5.74, 6) is 0.356. The maximum Gasteiger partial charge on any atom is 0.211 e. The molecule has 0 aliphatic rings. The highest BCUT2D eigenvalue weighted by Gasteiger charge is 2.10. The van der Waals surface area contributed by atoms with Gasteiger partial charge < -0.3 is 5.11 Å². The van der Waals surface area contributed by atoms with Gasteiger partial charge in [0.2, 0.25) is 10.0 Å². The van der Waals surface area contributed by atoms with E-state index < -0.39 is 10.0 Å². The van der Waals surface area contributed by atoms with Gasteiger partial charge in [-0.3, -0.25) is 0 Å². The molecule has 1 unspecified atom stereocenters. The Labute approximate surface area is 80.4 Å². The van der Waals surface area contributed by atoms with Gasteiger partial charge in [-0.15, -0.1) is 0 Å². The maximum absolute atomic E-state index is 11.1. The summed E-state index contributed by atoms with van der Waals surface area (Å²) < 4.78 is 24.6. The molecule has 0 rings (SSSR count). The third-order valence-corrected chi connectivity index (χ3v) is 3.45. The minimum absolute atomic E-state index is 0.114. The Kier molecular flexibility index (Phi) is 6.28. The number of hydrogen-bond acceptors (Lipinski definition) is 3. The highest BCUT2D eigenvalue weighted by Crippen LogP contribution is 2.05. The van der Waals surface area contributed by atoms with Crippen molar-refractivity contribution in [3.8, 4) is 0 Å². The molecule has 1 atom stereocenters. The molecule has 5 heteroatoms. The van der Waals surface area contributed by atoms with Gasteiger partial charge in [0, 0.05) is 13.2 Å². The van der Waals surface area contributed by atoms with Crippen molar-refractivity contribution < 1.29 is 13.5 Å². The Morgan fingerprint density at radius 1 is 1.38 bits per heavy atom. The highest BCUT2D eigenvalue weighted by molar-refractivity contribution is 7.89. The van der Waals surface area contributed by atoms with Gasteiger partial charge >= 0.3 is 0 Å². The van der Waals surface area contributed by atoms with Crippen molar-refractivity contribution in [1.82, 2.24) is 4.72 Å². The molecular formula is C8H19NO3S. The molecule has 0 aromatic carbocycles. The molecule has 0 aromatic heterocycles. The SMILES string of the molecule is CCC(CCO)CNS(=O)(=O)CC. The van der Waals surface area contributed by atoms with Crippen molar-refractivity contribution in [1.29, 1.82) is 0 Å². The summed E-state index contributed by atoms with van der Waals surface area (Å²) in [6.45, 7) is 4.15. The Balaban J connectivity index is 3.84. The van der Waals surface area contributed by atoms with Crippen LogP contribution in [0.4, 0.5) is 0 Å². The Hall–Kier alpha value is -0.130. The van der Waals surface area contributed by atoms with Crippen molar-refractivity contribution >= 4 is 10.0 Å². The van der Waals surface area contributed by atoms with Crippen LogP contribution in [0.1, 0.15) is 26.7 Å². The summed E-state index contributed by atoms with van der Waals surface area (Å²) >= 11 is 0. The van der Waals surface area contributed by atoms with Crippen molar-refractivity contribution in [2.24, 2.45) is 5.92 Å². The van der Waals surface area contributed by atoms with Crippen LogP contribution in [0, 0.1) is 5.92 Å². The molecule has 13 heavy (non-hydrogen) atoms. The van der Waals surface area contributed by atoms with Gasteiger partial charge in [0.15, 0.2) is 0 Å². The largest absolute Gasteiger partial charge is 0.396 e. The maximum atomic E-state index is 11.1. The zero-order valence-corrected chi connectivity index (χ0v) is 9.10. The number of nitrogens with one attached hydrogen (secondary N) is 1. The van der Waals surface area contributed by atoms with Crippen LogP contribution in [0.15, 0.2) is 0 Å². The van der Waals surface area contributed by atoms with Gasteiger partial charge in [0.05, 0.1) is 5.75 Å².